The molecule has 0 aromatic heterocycles. The van der Waals surface area contributed by atoms with Gasteiger partial charge in [-0.1, -0.05) is 356 Å². The lowest BCUT2D eigenvalue weighted by Crippen LogP contribution is -2.30. The van der Waals surface area contributed by atoms with E-state index in [-0.39, 0.29) is 25.7 Å². The van der Waals surface area contributed by atoms with Crippen LogP contribution in [0.2, 0.25) is 0 Å². The van der Waals surface area contributed by atoms with Crippen molar-refractivity contribution in [1.82, 2.24) is 0 Å². The molecule has 0 aliphatic heterocycles. The van der Waals surface area contributed by atoms with E-state index in [2.05, 4.69) is 41.5 Å². The third kappa shape index (κ3) is 72.2. The quantitative estimate of drug-likeness (QED) is 0.0222. The molecule has 2 unspecified atom stereocenters. The lowest BCUT2D eigenvalue weighted by atomic mass is 10.0. The summed E-state index contributed by atoms with van der Waals surface area (Å²) in [6.07, 6.45) is 58.1. The Hall–Kier alpha value is -1.94. The number of phosphoric ester groups is 2. The van der Waals surface area contributed by atoms with Crippen molar-refractivity contribution in [1.29, 1.82) is 0 Å². The van der Waals surface area contributed by atoms with Crippen molar-refractivity contribution < 1.29 is 80.2 Å². The van der Waals surface area contributed by atoms with E-state index in [0.29, 0.717) is 25.7 Å². The molecule has 0 aliphatic carbocycles. The van der Waals surface area contributed by atoms with Gasteiger partial charge < -0.3 is 33.8 Å². The molecule has 0 saturated carbocycles. The number of hydrogen-bond acceptors (Lipinski definition) is 15. The average molecular weight is 1420 g/mol. The molecule has 0 aromatic carbocycles. The summed E-state index contributed by atoms with van der Waals surface area (Å²) < 4.78 is 68.6. The monoisotopic (exact) mass is 1420 g/mol. The third-order valence-electron chi connectivity index (χ3n) is 18.2. The van der Waals surface area contributed by atoms with E-state index in [4.69, 9.17) is 37.0 Å². The molecule has 0 aliphatic rings. The molecular weight excluding hydrogens is 1270 g/mol. The van der Waals surface area contributed by atoms with E-state index in [1.165, 1.54) is 225 Å². The van der Waals surface area contributed by atoms with E-state index in [0.717, 1.165) is 102 Å². The molecule has 3 N–H and O–H groups in total. The summed E-state index contributed by atoms with van der Waals surface area (Å²) in [6, 6.07) is 0. The summed E-state index contributed by atoms with van der Waals surface area (Å²) >= 11 is 0. The maximum atomic E-state index is 13.1. The van der Waals surface area contributed by atoms with Crippen molar-refractivity contribution in [2.24, 2.45) is 11.8 Å². The topological polar surface area (TPSA) is 237 Å². The molecule has 0 spiro atoms. The molecule has 0 amide bonds. The van der Waals surface area contributed by atoms with Crippen LogP contribution < -0.4 is 0 Å². The molecule has 0 heterocycles. The zero-order valence-electron chi connectivity index (χ0n) is 63.4. The molecular formula is C78H152O17P2. The molecule has 0 saturated heterocycles. The van der Waals surface area contributed by atoms with E-state index in [1.54, 1.807) is 0 Å². The van der Waals surface area contributed by atoms with Gasteiger partial charge in [0.1, 0.15) is 19.3 Å². The van der Waals surface area contributed by atoms with Crippen LogP contribution in [-0.2, 0) is 65.4 Å². The smallest absolute Gasteiger partial charge is 0.462 e. The number of hydrogen-bond donors (Lipinski definition) is 3. The Bertz CT molecular complexity index is 1870. The predicted molar refractivity (Wildman–Crippen MR) is 395 cm³/mol. The van der Waals surface area contributed by atoms with Crippen molar-refractivity contribution >= 4 is 39.5 Å². The number of unbranched alkanes of at least 4 members (excludes halogenated alkanes) is 47. The predicted octanol–water partition coefficient (Wildman–Crippen LogP) is 23.1. The number of ether oxygens (including phenoxy) is 4. The van der Waals surface area contributed by atoms with Gasteiger partial charge in [0.05, 0.1) is 26.4 Å². The van der Waals surface area contributed by atoms with Crippen LogP contribution in [0.25, 0.3) is 0 Å². The van der Waals surface area contributed by atoms with Crippen LogP contribution in [0.4, 0.5) is 0 Å². The summed E-state index contributed by atoms with van der Waals surface area (Å²) in [4.78, 5) is 72.9. The van der Waals surface area contributed by atoms with Crippen LogP contribution in [0.1, 0.15) is 408 Å². The Kier molecular flexibility index (Phi) is 68.4. The van der Waals surface area contributed by atoms with Gasteiger partial charge in [0, 0.05) is 25.7 Å². The molecule has 576 valence electrons. The number of carbonyl (C=O) groups is 4. The fourth-order valence-electron chi connectivity index (χ4n) is 12.0. The Morgan fingerprint density at radius 3 is 0.701 bits per heavy atom. The summed E-state index contributed by atoms with van der Waals surface area (Å²) in [5.41, 5.74) is 0. The minimum Gasteiger partial charge on any atom is -0.462 e. The van der Waals surface area contributed by atoms with Gasteiger partial charge in [0.2, 0.25) is 0 Å². The lowest BCUT2D eigenvalue weighted by molar-refractivity contribution is -0.161. The maximum Gasteiger partial charge on any atom is 0.472 e. The van der Waals surface area contributed by atoms with Gasteiger partial charge in [0.25, 0.3) is 0 Å². The second kappa shape index (κ2) is 69.8. The van der Waals surface area contributed by atoms with Crippen LogP contribution in [-0.4, -0.2) is 96.7 Å². The maximum absolute atomic E-state index is 13.1. The first-order valence-electron chi connectivity index (χ1n) is 40.5. The second-order valence-electron chi connectivity index (χ2n) is 29.1. The van der Waals surface area contributed by atoms with Crippen molar-refractivity contribution in [3.05, 3.63) is 0 Å². The largest absolute Gasteiger partial charge is 0.472 e. The number of esters is 4. The van der Waals surface area contributed by atoms with Gasteiger partial charge in [0.15, 0.2) is 12.2 Å². The van der Waals surface area contributed by atoms with Crippen molar-refractivity contribution in [3.63, 3.8) is 0 Å². The molecule has 19 heteroatoms. The van der Waals surface area contributed by atoms with Gasteiger partial charge in [-0.15, -0.1) is 0 Å². The summed E-state index contributed by atoms with van der Waals surface area (Å²) in [5, 5.41) is 10.6. The summed E-state index contributed by atoms with van der Waals surface area (Å²) in [6.45, 7) is 9.66. The van der Waals surface area contributed by atoms with Crippen LogP contribution in [0.3, 0.4) is 0 Å². The number of carbonyl (C=O) groups excluding carboxylic acids is 4. The molecule has 0 radical (unpaired) electrons. The van der Waals surface area contributed by atoms with Crippen LogP contribution in [0.5, 0.6) is 0 Å². The fourth-order valence-corrected chi connectivity index (χ4v) is 13.6. The zero-order valence-corrected chi connectivity index (χ0v) is 65.2. The van der Waals surface area contributed by atoms with Crippen molar-refractivity contribution in [3.8, 4) is 0 Å². The molecule has 5 atom stereocenters. The van der Waals surface area contributed by atoms with E-state index in [1.807, 2.05) is 0 Å². The third-order valence-corrected chi connectivity index (χ3v) is 20.1. The van der Waals surface area contributed by atoms with Gasteiger partial charge in [-0.2, -0.15) is 0 Å². The highest BCUT2D eigenvalue weighted by atomic mass is 31.2. The second-order valence-corrected chi connectivity index (χ2v) is 32.0. The normalized spacial score (nSPS) is 14.0. The molecule has 0 fully saturated rings. The first kappa shape index (κ1) is 95.1. The van der Waals surface area contributed by atoms with E-state index in [9.17, 15) is 43.2 Å². The molecule has 0 bridgehead atoms. The molecule has 17 nitrogen and oxygen atoms in total. The lowest BCUT2D eigenvalue weighted by Gasteiger charge is -2.21. The zero-order chi connectivity index (χ0) is 71.4. The highest BCUT2D eigenvalue weighted by Gasteiger charge is 2.30. The minimum absolute atomic E-state index is 0.107. The van der Waals surface area contributed by atoms with Gasteiger partial charge in [-0.05, 0) is 37.5 Å². The van der Waals surface area contributed by atoms with E-state index < -0.39 is 97.5 Å². The van der Waals surface area contributed by atoms with E-state index >= 15 is 0 Å². The Morgan fingerprint density at radius 1 is 0.278 bits per heavy atom. The number of aliphatic hydroxyl groups is 1. The number of phosphoric acid groups is 2. The summed E-state index contributed by atoms with van der Waals surface area (Å²) in [7, 11) is -9.91. The van der Waals surface area contributed by atoms with Crippen molar-refractivity contribution in [2.45, 2.75) is 426 Å². The van der Waals surface area contributed by atoms with Crippen LogP contribution >= 0.6 is 15.6 Å². The first-order valence-corrected chi connectivity index (χ1v) is 43.5. The summed E-state index contributed by atoms with van der Waals surface area (Å²) in [5.74, 6) is -0.511. The highest BCUT2D eigenvalue weighted by Crippen LogP contribution is 2.45. The van der Waals surface area contributed by atoms with Crippen molar-refractivity contribution in [2.75, 3.05) is 39.6 Å². The number of rotatable bonds is 77. The minimum atomic E-state index is -4.96. The Morgan fingerprint density at radius 2 is 0.474 bits per heavy atom. The Balaban J connectivity index is 5.23. The fraction of sp³-hybridized carbons (Fsp3) is 0.949. The molecule has 0 aromatic rings. The average Bonchev–Trinajstić information content (AvgIpc) is 2.52. The molecule has 97 heavy (non-hydrogen) atoms. The first-order chi connectivity index (χ1) is 46.9. The Labute approximate surface area is 594 Å². The van der Waals surface area contributed by atoms with Crippen LogP contribution in [0, 0.1) is 11.8 Å². The number of aliphatic hydroxyl groups excluding tert-OH is 1. The SMILES string of the molecule is CCCCCCCCCCCCCC(=O)OC[C@H](COP(=O)(O)OC[C@H](O)COP(=O)(O)OC[C@@H](COC(=O)CCCCCCCCCCCCCCCC(C)C)OC(=O)CCCCCCCCCCCCCCCCCCC(C)C)OC(=O)CCCCCCCCCCCCC. The van der Waals surface area contributed by atoms with Gasteiger partial charge in [-0.3, -0.25) is 37.3 Å². The van der Waals surface area contributed by atoms with Crippen LogP contribution in [0.15, 0.2) is 0 Å². The standard InChI is InChI=1S/C78H152O17P2/c1-7-9-11-13-15-17-28-36-42-48-54-60-75(80)88-66-73(94-77(82)62-56-50-44-38-29-18-16-14-12-10-8-2)68-92-96(84,85)90-64-72(79)65-91-97(86,87)93-69-74(67-89-76(81)61-55-49-43-37-32-27-23-25-31-35-41-47-53-59-71(5)6)95-78(83)63-57-51-45-39-33-26-22-20-19-21-24-30-34-40-46-52-58-70(3)4/h70-74,79H,7-69H2,1-6H3,(H,84,85)(H,86,87)/t72-,73+,74+/m0/s1. The highest BCUT2D eigenvalue weighted by molar-refractivity contribution is 7.47. The van der Waals surface area contributed by atoms with Gasteiger partial charge >= 0.3 is 39.5 Å². The van der Waals surface area contributed by atoms with Gasteiger partial charge in [-0.25, -0.2) is 9.13 Å². The molecule has 0 rings (SSSR count).